The first-order valence-electron chi connectivity index (χ1n) is 5.39. The van der Waals surface area contributed by atoms with Crippen molar-refractivity contribution in [1.29, 1.82) is 0 Å². The zero-order valence-corrected chi connectivity index (χ0v) is 11.5. The fourth-order valence-corrected chi connectivity index (χ4v) is 2.66. The molecule has 0 radical (unpaired) electrons. The molecule has 1 fully saturated rings. The maximum Gasteiger partial charge on any atom is 0.110 e. The Morgan fingerprint density at radius 1 is 1.62 bits per heavy atom. The Morgan fingerprint density at radius 3 is 3.12 bits per heavy atom. The van der Waals surface area contributed by atoms with Gasteiger partial charge in [0.25, 0.3) is 0 Å². The molecule has 0 unspecified atom stereocenters. The second-order valence-electron chi connectivity index (χ2n) is 3.98. The van der Waals surface area contributed by atoms with E-state index in [-0.39, 0.29) is 0 Å². The van der Waals surface area contributed by atoms with Crippen LogP contribution in [0.3, 0.4) is 0 Å². The van der Waals surface area contributed by atoms with Crippen molar-refractivity contribution in [3.8, 4) is 0 Å². The van der Waals surface area contributed by atoms with Gasteiger partial charge in [0.15, 0.2) is 0 Å². The Balaban J connectivity index is 1.73. The van der Waals surface area contributed by atoms with E-state index < -0.39 is 0 Å². The first-order chi connectivity index (χ1) is 7.75. The van der Waals surface area contributed by atoms with Crippen molar-refractivity contribution in [2.45, 2.75) is 23.9 Å². The van der Waals surface area contributed by atoms with Crippen LogP contribution in [0.4, 0.5) is 0 Å². The van der Waals surface area contributed by atoms with Gasteiger partial charge in [-0.3, -0.25) is 0 Å². The largest absolute Gasteiger partial charge is 0.310 e. The van der Waals surface area contributed by atoms with E-state index in [9.17, 15) is 0 Å². The smallest absolute Gasteiger partial charge is 0.110 e. The predicted octanol–water partition coefficient (Wildman–Crippen LogP) is 3.24. The third kappa shape index (κ3) is 3.92. The maximum atomic E-state index is 4.31. The van der Waals surface area contributed by atoms with E-state index in [2.05, 4.69) is 32.8 Å². The fraction of sp³-hybridized carbons (Fsp3) is 0.417. The first-order valence-corrected chi connectivity index (χ1v) is 7.17. The number of pyridine rings is 1. The van der Waals surface area contributed by atoms with E-state index in [1.165, 1.54) is 18.4 Å². The topological polar surface area (TPSA) is 24.9 Å². The van der Waals surface area contributed by atoms with Crippen LogP contribution >= 0.6 is 27.7 Å². The zero-order chi connectivity index (χ0) is 11.4. The van der Waals surface area contributed by atoms with Gasteiger partial charge in [0, 0.05) is 29.0 Å². The molecule has 2 rings (SSSR count). The van der Waals surface area contributed by atoms with Gasteiger partial charge in [-0.25, -0.2) is 4.98 Å². The van der Waals surface area contributed by atoms with Gasteiger partial charge in [0.05, 0.1) is 0 Å². The van der Waals surface area contributed by atoms with E-state index in [1.54, 1.807) is 11.8 Å². The van der Waals surface area contributed by atoms with E-state index in [0.717, 1.165) is 27.8 Å². The number of halogens is 1. The third-order valence-corrected chi connectivity index (χ3v) is 4.41. The lowest BCUT2D eigenvalue weighted by Gasteiger charge is -2.07. The summed E-state index contributed by atoms with van der Waals surface area (Å²) in [7, 11) is 0. The molecule has 1 aliphatic carbocycles. The van der Waals surface area contributed by atoms with Crippen molar-refractivity contribution in [3.05, 3.63) is 35.0 Å². The van der Waals surface area contributed by atoms with E-state index >= 15 is 0 Å². The molecule has 16 heavy (non-hydrogen) atoms. The minimum Gasteiger partial charge on any atom is -0.310 e. The molecule has 4 heteroatoms. The number of nitrogens with one attached hydrogen (secondary N) is 1. The van der Waals surface area contributed by atoms with Gasteiger partial charge in [-0.05, 0) is 40.9 Å². The number of thioether (sulfide) groups is 1. The van der Waals surface area contributed by atoms with Crippen molar-refractivity contribution >= 4 is 27.7 Å². The summed E-state index contributed by atoms with van der Waals surface area (Å²) in [5.74, 6) is 0.926. The molecule has 0 saturated heterocycles. The molecule has 1 aromatic rings. The molecular formula is C12H15BrN2S. The van der Waals surface area contributed by atoms with Crippen LogP contribution in [0.5, 0.6) is 0 Å². The van der Waals surface area contributed by atoms with Crippen LogP contribution in [-0.2, 0) is 0 Å². The average molecular weight is 299 g/mol. The Kier molecular flexibility index (Phi) is 4.44. The SMILES string of the molecule is C=C(CNC1CC1)CSc1ncccc1Br. The summed E-state index contributed by atoms with van der Waals surface area (Å²) < 4.78 is 1.06. The summed E-state index contributed by atoms with van der Waals surface area (Å²) in [6, 6.07) is 4.70. The molecule has 1 N–H and O–H groups in total. The summed E-state index contributed by atoms with van der Waals surface area (Å²) in [5, 5.41) is 4.50. The van der Waals surface area contributed by atoms with Crippen molar-refractivity contribution in [2.75, 3.05) is 12.3 Å². The summed E-state index contributed by atoms with van der Waals surface area (Å²) in [6.45, 7) is 5.01. The Bertz CT molecular complexity index is 377. The van der Waals surface area contributed by atoms with Gasteiger partial charge in [0.2, 0.25) is 0 Å². The van der Waals surface area contributed by atoms with Crippen molar-refractivity contribution in [2.24, 2.45) is 0 Å². The minimum absolute atomic E-state index is 0.753. The second kappa shape index (κ2) is 5.84. The quantitative estimate of drug-likeness (QED) is 0.645. The summed E-state index contributed by atoms with van der Waals surface area (Å²) in [4.78, 5) is 4.31. The molecular weight excluding hydrogens is 284 g/mol. The highest BCUT2D eigenvalue weighted by atomic mass is 79.9. The van der Waals surface area contributed by atoms with E-state index in [4.69, 9.17) is 0 Å². The monoisotopic (exact) mass is 298 g/mol. The summed E-state index contributed by atoms with van der Waals surface area (Å²) in [5.41, 5.74) is 1.23. The minimum atomic E-state index is 0.753. The van der Waals surface area contributed by atoms with Crippen molar-refractivity contribution in [1.82, 2.24) is 10.3 Å². The molecule has 0 aromatic carbocycles. The maximum absolute atomic E-state index is 4.31. The number of hydrogen-bond donors (Lipinski definition) is 1. The van der Waals surface area contributed by atoms with Gasteiger partial charge in [0.1, 0.15) is 5.03 Å². The van der Waals surface area contributed by atoms with Gasteiger partial charge < -0.3 is 5.32 Å². The highest BCUT2D eigenvalue weighted by molar-refractivity contribution is 9.10. The normalized spacial score (nSPS) is 15.1. The van der Waals surface area contributed by atoms with Gasteiger partial charge in [-0.2, -0.15) is 0 Å². The van der Waals surface area contributed by atoms with Crippen molar-refractivity contribution in [3.63, 3.8) is 0 Å². The van der Waals surface area contributed by atoms with E-state index in [1.807, 2.05) is 18.3 Å². The lowest BCUT2D eigenvalue weighted by molar-refractivity contribution is 0.736. The van der Waals surface area contributed by atoms with Gasteiger partial charge >= 0.3 is 0 Å². The zero-order valence-electron chi connectivity index (χ0n) is 9.08. The third-order valence-electron chi connectivity index (χ3n) is 2.36. The Hall–Kier alpha value is -0.320. The van der Waals surface area contributed by atoms with Gasteiger partial charge in [-0.1, -0.05) is 12.2 Å². The highest BCUT2D eigenvalue weighted by Gasteiger charge is 2.20. The fourth-order valence-electron chi connectivity index (χ4n) is 1.27. The molecule has 1 saturated carbocycles. The second-order valence-corrected chi connectivity index (χ2v) is 5.80. The van der Waals surface area contributed by atoms with Crippen LogP contribution in [0, 0.1) is 0 Å². The summed E-state index contributed by atoms with van der Waals surface area (Å²) >= 11 is 5.22. The molecule has 86 valence electrons. The number of aromatic nitrogens is 1. The molecule has 2 nitrogen and oxygen atoms in total. The van der Waals surface area contributed by atoms with E-state index in [0.29, 0.717) is 0 Å². The average Bonchev–Trinajstić information content (AvgIpc) is 3.09. The summed E-state index contributed by atoms with van der Waals surface area (Å²) in [6.07, 6.45) is 4.47. The molecule has 0 aliphatic heterocycles. The molecule has 0 spiro atoms. The van der Waals surface area contributed by atoms with Crippen LogP contribution in [0.25, 0.3) is 0 Å². The molecule has 0 amide bonds. The van der Waals surface area contributed by atoms with Crippen LogP contribution in [0.1, 0.15) is 12.8 Å². The molecule has 1 aromatic heterocycles. The lowest BCUT2D eigenvalue weighted by atomic mass is 10.3. The molecule has 1 aliphatic rings. The Labute approximate surface area is 109 Å². The molecule has 0 bridgehead atoms. The van der Waals surface area contributed by atoms with Crippen LogP contribution in [-0.4, -0.2) is 23.3 Å². The van der Waals surface area contributed by atoms with Crippen LogP contribution in [0.15, 0.2) is 40.0 Å². The number of hydrogen-bond acceptors (Lipinski definition) is 3. The van der Waals surface area contributed by atoms with Gasteiger partial charge in [-0.15, -0.1) is 11.8 Å². The first kappa shape index (κ1) is 12.1. The number of rotatable bonds is 6. The van der Waals surface area contributed by atoms with Crippen LogP contribution < -0.4 is 5.32 Å². The molecule has 0 atom stereocenters. The molecule has 1 heterocycles. The Morgan fingerprint density at radius 2 is 2.44 bits per heavy atom. The highest BCUT2D eigenvalue weighted by Crippen LogP contribution is 2.26. The predicted molar refractivity (Wildman–Crippen MR) is 72.8 cm³/mol. The van der Waals surface area contributed by atoms with Crippen molar-refractivity contribution < 1.29 is 0 Å². The lowest BCUT2D eigenvalue weighted by Crippen LogP contribution is -2.19. The van der Waals surface area contributed by atoms with Crippen LogP contribution in [0.2, 0.25) is 0 Å². The standard InChI is InChI=1S/C12H15BrN2S/c1-9(7-15-10-4-5-10)8-16-12-11(13)3-2-6-14-12/h2-3,6,10,15H,1,4-5,7-8H2. The number of nitrogens with zero attached hydrogens (tertiary/aromatic N) is 1.